The molecule has 34 heavy (non-hydrogen) atoms. The number of thiocarbonyl (C=S) groups is 1. The van der Waals surface area contributed by atoms with Gasteiger partial charge in [-0.25, -0.2) is 0 Å². The van der Waals surface area contributed by atoms with Crippen LogP contribution in [0.4, 0.5) is 5.82 Å². The molecule has 8 nitrogen and oxygen atoms in total. The number of piperazine rings is 1. The highest BCUT2D eigenvalue weighted by molar-refractivity contribution is 8.26. The Labute approximate surface area is 208 Å². The fourth-order valence-corrected chi connectivity index (χ4v) is 5.62. The minimum absolute atomic E-state index is 0.107. The summed E-state index contributed by atoms with van der Waals surface area (Å²) in [7, 11) is 0. The SMILES string of the molecule is CCN1CCN(c2c(C=C3SC(=S)N(Cc4ccco4)C3=O)c(C)c(C#N)c(=O)n2CC)CC1. The highest BCUT2D eigenvalue weighted by Gasteiger charge is 2.34. The van der Waals surface area contributed by atoms with Gasteiger partial charge in [0, 0.05) is 38.3 Å². The van der Waals surface area contributed by atoms with Gasteiger partial charge in [-0.15, -0.1) is 0 Å². The molecule has 2 saturated heterocycles. The van der Waals surface area contributed by atoms with Crippen molar-refractivity contribution in [3.8, 4) is 6.07 Å². The van der Waals surface area contributed by atoms with Crippen molar-refractivity contribution in [3.05, 3.63) is 56.1 Å². The molecule has 0 radical (unpaired) electrons. The van der Waals surface area contributed by atoms with Gasteiger partial charge in [-0.1, -0.05) is 30.9 Å². The number of amides is 1. The number of carbonyl (C=O) groups is 1. The Hall–Kier alpha value is -2.87. The second kappa shape index (κ2) is 10.2. The maximum absolute atomic E-state index is 13.3. The molecule has 178 valence electrons. The maximum atomic E-state index is 13.3. The van der Waals surface area contributed by atoms with Crippen LogP contribution in [0.15, 0.2) is 32.5 Å². The quantitative estimate of drug-likeness (QED) is 0.444. The van der Waals surface area contributed by atoms with Gasteiger partial charge in [0.2, 0.25) is 0 Å². The number of furan rings is 1. The van der Waals surface area contributed by atoms with Gasteiger partial charge in [-0.05, 0) is 44.2 Å². The summed E-state index contributed by atoms with van der Waals surface area (Å²) < 4.78 is 7.49. The summed E-state index contributed by atoms with van der Waals surface area (Å²) >= 11 is 6.71. The Morgan fingerprint density at radius 2 is 1.94 bits per heavy atom. The van der Waals surface area contributed by atoms with E-state index in [1.165, 1.54) is 16.7 Å². The van der Waals surface area contributed by atoms with Crippen LogP contribution in [0.1, 0.15) is 36.3 Å². The molecule has 2 aliphatic rings. The van der Waals surface area contributed by atoms with Gasteiger partial charge in [0.25, 0.3) is 11.5 Å². The molecule has 0 aromatic carbocycles. The number of anilines is 1. The molecule has 10 heteroatoms. The second-order valence-electron chi connectivity index (χ2n) is 8.17. The Morgan fingerprint density at radius 1 is 1.21 bits per heavy atom. The lowest BCUT2D eigenvalue weighted by molar-refractivity contribution is -0.122. The predicted molar refractivity (Wildman–Crippen MR) is 138 cm³/mol. The lowest BCUT2D eigenvalue weighted by Gasteiger charge is -2.37. The normalized spacial score (nSPS) is 18.2. The van der Waals surface area contributed by atoms with Crippen LogP contribution in [0.5, 0.6) is 0 Å². The van der Waals surface area contributed by atoms with Gasteiger partial charge in [0.05, 0.1) is 17.7 Å². The standard InChI is InChI=1S/C24H27N5O3S2/c1-4-26-8-10-27(11-9-26)21-18(16(3)19(14-25)22(30)28(21)5-2)13-20-23(31)29(24(33)34-20)15-17-7-6-12-32-17/h6-7,12-13H,4-5,8-11,15H2,1-3H3. The van der Waals surface area contributed by atoms with E-state index in [1.54, 1.807) is 36.0 Å². The highest BCUT2D eigenvalue weighted by atomic mass is 32.2. The van der Waals surface area contributed by atoms with E-state index in [0.717, 1.165) is 44.1 Å². The Balaban J connectivity index is 1.80. The largest absolute Gasteiger partial charge is 0.467 e. The molecule has 0 unspecified atom stereocenters. The molecular formula is C24H27N5O3S2. The van der Waals surface area contributed by atoms with Crippen LogP contribution in [0.2, 0.25) is 0 Å². The first-order valence-corrected chi connectivity index (χ1v) is 12.5. The minimum Gasteiger partial charge on any atom is -0.467 e. The summed E-state index contributed by atoms with van der Waals surface area (Å²) in [6.07, 6.45) is 3.36. The van der Waals surface area contributed by atoms with E-state index in [0.29, 0.717) is 27.1 Å². The summed E-state index contributed by atoms with van der Waals surface area (Å²) in [5, 5.41) is 9.74. The number of likely N-dealkylation sites (N-methyl/N-ethyl adjacent to an activating group) is 1. The zero-order chi connectivity index (χ0) is 24.4. The molecule has 2 fully saturated rings. The monoisotopic (exact) mass is 497 g/mol. The third kappa shape index (κ3) is 4.43. The number of rotatable bonds is 6. The van der Waals surface area contributed by atoms with Crippen LogP contribution in [-0.2, 0) is 17.9 Å². The zero-order valence-corrected chi connectivity index (χ0v) is 21.2. The van der Waals surface area contributed by atoms with E-state index in [9.17, 15) is 14.9 Å². The van der Waals surface area contributed by atoms with Gasteiger partial charge < -0.3 is 14.2 Å². The number of carbonyl (C=O) groups excluding carboxylic acids is 1. The van der Waals surface area contributed by atoms with Gasteiger partial charge in [0.1, 0.15) is 27.5 Å². The van der Waals surface area contributed by atoms with Crippen molar-refractivity contribution < 1.29 is 9.21 Å². The Morgan fingerprint density at radius 3 is 2.53 bits per heavy atom. The van der Waals surface area contributed by atoms with E-state index < -0.39 is 0 Å². The van der Waals surface area contributed by atoms with Gasteiger partial charge in [-0.3, -0.25) is 19.1 Å². The maximum Gasteiger partial charge on any atom is 0.270 e. The van der Waals surface area contributed by atoms with Crippen LogP contribution in [0, 0.1) is 18.3 Å². The number of pyridine rings is 1. The van der Waals surface area contributed by atoms with Crippen LogP contribution in [-0.4, -0.2) is 57.3 Å². The molecule has 0 saturated carbocycles. The molecule has 4 heterocycles. The van der Waals surface area contributed by atoms with E-state index in [2.05, 4.69) is 22.8 Å². The second-order valence-corrected chi connectivity index (χ2v) is 9.84. The average Bonchev–Trinajstić information content (AvgIpc) is 3.45. The van der Waals surface area contributed by atoms with Crippen molar-refractivity contribution in [2.45, 2.75) is 33.9 Å². The summed E-state index contributed by atoms with van der Waals surface area (Å²) in [6, 6.07) is 5.65. The number of thioether (sulfide) groups is 1. The fourth-order valence-electron chi connectivity index (χ4n) is 4.38. The fraction of sp³-hybridized carbons (Fsp3) is 0.417. The summed E-state index contributed by atoms with van der Waals surface area (Å²) in [5.74, 6) is 1.20. The van der Waals surface area contributed by atoms with Crippen molar-refractivity contribution in [1.82, 2.24) is 14.4 Å². The molecule has 2 aromatic heterocycles. The number of nitriles is 1. The molecule has 0 bridgehead atoms. The predicted octanol–water partition coefficient (Wildman–Crippen LogP) is 3.18. The molecular weight excluding hydrogens is 470 g/mol. The number of hydrogen-bond acceptors (Lipinski definition) is 8. The summed E-state index contributed by atoms with van der Waals surface area (Å²) in [5.41, 5.74) is 1.12. The van der Waals surface area contributed by atoms with E-state index >= 15 is 0 Å². The van der Waals surface area contributed by atoms with Gasteiger partial charge >= 0.3 is 0 Å². The molecule has 0 atom stereocenters. The van der Waals surface area contributed by atoms with Crippen LogP contribution in [0.3, 0.4) is 0 Å². The molecule has 2 aliphatic heterocycles. The van der Waals surface area contributed by atoms with Crippen molar-refractivity contribution in [2.24, 2.45) is 0 Å². The number of nitrogens with zero attached hydrogens (tertiary/aromatic N) is 5. The lowest BCUT2D eigenvalue weighted by atomic mass is 10.0. The van der Waals surface area contributed by atoms with Crippen molar-refractivity contribution >= 4 is 46.1 Å². The van der Waals surface area contributed by atoms with Gasteiger partial charge in [0.15, 0.2) is 0 Å². The van der Waals surface area contributed by atoms with E-state index in [4.69, 9.17) is 16.6 Å². The topological polar surface area (TPSA) is 85.7 Å². The number of hydrogen-bond donors (Lipinski definition) is 0. The van der Waals surface area contributed by atoms with Crippen molar-refractivity contribution in [3.63, 3.8) is 0 Å². The molecule has 0 aliphatic carbocycles. The first-order chi connectivity index (χ1) is 16.4. The highest BCUT2D eigenvalue weighted by Crippen LogP contribution is 2.36. The Kier molecular flexibility index (Phi) is 7.26. The molecule has 0 spiro atoms. The van der Waals surface area contributed by atoms with Crippen molar-refractivity contribution in [2.75, 3.05) is 37.6 Å². The third-order valence-corrected chi connectivity index (χ3v) is 7.70. The van der Waals surface area contributed by atoms with Crippen LogP contribution in [0.25, 0.3) is 6.08 Å². The smallest absolute Gasteiger partial charge is 0.270 e. The molecule has 1 amide bonds. The lowest BCUT2D eigenvalue weighted by Crippen LogP contribution is -2.48. The van der Waals surface area contributed by atoms with Crippen LogP contribution >= 0.6 is 24.0 Å². The van der Waals surface area contributed by atoms with E-state index in [-0.39, 0.29) is 23.6 Å². The molecule has 2 aromatic rings. The van der Waals surface area contributed by atoms with E-state index in [1.807, 2.05) is 6.92 Å². The summed E-state index contributed by atoms with van der Waals surface area (Å²) in [4.78, 5) is 32.9. The first kappa shape index (κ1) is 24.3. The third-order valence-electron chi connectivity index (χ3n) is 6.32. The minimum atomic E-state index is -0.294. The number of aromatic nitrogens is 1. The first-order valence-electron chi connectivity index (χ1n) is 11.3. The van der Waals surface area contributed by atoms with Gasteiger partial charge in [-0.2, -0.15) is 5.26 Å². The molecule has 4 rings (SSSR count). The molecule has 0 N–H and O–H groups in total. The Bertz CT molecular complexity index is 1230. The average molecular weight is 498 g/mol. The van der Waals surface area contributed by atoms with Crippen LogP contribution < -0.4 is 10.5 Å². The summed E-state index contributed by atoms with van der Waals surface area (Å²) in [6.45, 7) is 10.8. The van der Waals surface area contributed by atoms with Crippen molar-refractivity contribution in [1.29, 1.82) is 5.26 Å². The zero-order valence-electron chi connectivity index (χ0n) is 19.5.